The minimum Gasteiger partial charge on any atom is -0.492 e. The second-order valence-corrected chi connectivity index (χ2v) is 10.2. The van der Waals surface area contributed by atoms with Gasteiger partial charge in [-0.2, -0.15) is 4.31 Å². The van der Waals surface area contributed by atoms with E-state index in [1.807, 2.05) is 30.3 Å². The number of carbonyl (C=O) groups is 2. The Bertz CT molecular complexity index is 1360. The maximum Gasteiger partial charge on any atom is 0.259 e. The molecular weight excluding hydrogens is 470 g/mol. The predicted octanol–water partition coefficient (Wildman–Crippen LogP) is 2.02. The van der Waals surface area contributed by atoms with Crippen molar-refractivity contribution in [3.8, 4) is 5.75 Å². The molecule has 0 bridgehead atoms. The van der Waals surface area contributed by atoms with Crippen LogP contribution in [0.1, 0.15) is 10.4 Å². The number of morpholine rings is 1. The zero-order valence-corrected chi connectivity index (χ0v) is 19.8. The summed E-state index contributed by atoms with van der Waals surface area (Å²) in [7, 11) is -3.56. The molecule has 35 heavy (non-hydrogen) atoms. The summed E-state index contributed by atoms with van der Waals surface area (Å²) in [4.78, 5) is 27.0. The summed E-state index contributed by atoms with van der Waals surface area (Å²) in [5.41, 5.74) is 1.34. The highest BCUT2D eigenvalue weighted by Gasteiger charge is 2.30. The van der Waals surface area contributed by atoms with E-state index in [-0.39, 0.29) is 36.4 Å². The first-order valence-corrected chi connectivity index (χ1v) is 12.8. The van der Waals surface area contributed by atoms with Gasteiger partial charge in [0.25, 0.3) is 5.91 Å². The van der Waals surface area contributed by atoms with Crippen molar-refractivity contribution in [2.75, 3.05) is 50.9 Å². The van der Waals surface area contributed by atoms with Crippen LogP contribution in [0, 0.1) is 0 Å². The number of anilines is 1. The Hall–Kier alpha value is -3.47. The van der Waals surface area contributed by atoms with Gasteiger partial charge in [0.2, 0.25) is 15.9 Å². The van der Waals surface area contributed by atoms with E-state index >= 15 is 0 Å². The van der Waals surface area contributed by atoms with E-state index in [1.165, 1.54) is 21.3 Å². The predicted molar refractivity (Wildman–Crippen MR) is 130 cm³/mol. The van der Waals surface area contributed by atoms with Gasteiger partial charge in [0.1, 0.15) is 18.9 Å². The topological polar surface area (TPSA) is 105 Å². The molecule has 9 nitrogen and oxygen atoms in total. The van der Waals surface area contributed by atoms with Crippen LogP contribution in [0.3, 0.4) is 0 Å². The Labute approximate surface area is 203 Å². The average molecular weight is 496 g/mol. The fourth-order valence-electron chi connectivity index (χ4n) is 4.34. The summed E-state index contributed by atoms with van der Waals surface area (Å²) in [6.45, 7) is 1.81. The molecule has 1 saturated heterocycles. The quantitative estimate of drug-likeness (QED) is 0.480. The maximum atomic E-state index is 12.8. The normalized spacial score (nSPS) is 16.0. The molecule has 0 radical (unpaired) electrons. The second-order valence-electron chi connectivity index (χ2n) is 8.26. The van der Waals surface area contributed by atoms with Crippen molar-refractivity contribution >= 4 is 38.3 Å². The van der Waals surface area contributed by atoms with Crippen molar-refractivity contribution in [2.24, 2.45) is 0 Å². The molecule has 2 amide bonds. The maximum absolute atomic E-state index is 12.8. The molecular formula is C25H25N3O6S. The van der Waals surface area contributed by atoms with E-state index in [9.17, 15) is 18.0 Å². The molecule has 10 heteroatoms. The van der Waals surface area contributed by atoms with Gasteiger partial charge < -0.3 is 14.8 Å². The molecule has 0 spiro atoms. The summed E-state index contributed by atoms with van der Waals surface area (Å²) < 4.78 is 37.6. The van der Waals surface area contributed by atoms with Gasteiger partial charge in [0.15, 0.2) is 0 Å². The van der Waals surface area contributed by atoms with Crippen LogP contribution in [-0.4, -0.2) is 70.5 Å². The molecule has 0 aliphatic carbocycles. The van der Waals surface area contributed by atoms with Crippen LogP contribution in [0.2, 0.25) is 0 Å². The van der Waals surface area contributed by atoms with Gasteiger partial charge in [-0.25, -0.2) is 8.42 Å². The van der Waals surface area contributed by atoms with E-state index in [2.05, 4.69) is 5.32 Å². The molecule has 3 aromatic carbocycles. The first-order chi connectivity index (χ1) is 16.9. The molecule has 0 unspecified atom stereocenters. The molecule has 1 fully saturated rings. The summed E-state index contributed by atoms with van der Waals surface area (Å²) in [5.74, 6) is 0.0195. The van der Waals surface area contributed by atoms with Crippen LogP contribution in [0.5, 0.6) is 5.75 Å². The van der Waals surface area contributed by atoms with Gasteiger partial charge in [-0.1, -0.05) is 24.3 Å². The Kier molecular flexibility index (Phi) is 6.42. The average Bonchev–Trinajstić information content (AvgIpc) is 3.15. The molecule has 2 heterocycles. The minimum atomic E-state index is -3.56. The molecule has 0 saturated carbocycles. The van der Waals surface area contributed by atoms with Crippen LogP contribution >= 0.6 is 0 Å². The van der Waals surface area contributed by atoms with Gasteiger partial charge in [-0.05, 0) is 41.8 Å². The third kappa shape index (κ3) is 4.60. The van der Waals surface area contributed by atoms with Crippen molar-refractivity contribution in [2.45, 2.75) is 4.90 Å². The standard InChI is InChI=1S/C25H25N3O6S/c29-23(17-28-22-6-2-4-18-3-1-5-21(24(18)22)25(28)30)26-11-14-34-19-7-9-20(10-8-19)35(31,32)27-12-15-33-16-13-27/h1-10H,11-17H2,(H,26,29). The minimum absolute atomic E-state index is 0.0826. The zero-order chi connectivity index (χ0) is 24.4. The van der Waals surface area contributed by atoms with Crippen molar-refractivity contribution in [3.05, 3.63) is 66.2 Å². The van der Waals surface area contributed by atoms with Crippen molar-refractivity contribution in [3.63, 3.8) is 0 Å². The molecule has 2 aliphatic heterocycles. The second kappa shape index (κ2) is 9.65. The number of rotatable bonds is 8. The molecule has 2 aliphatic rings. The molecule has 1 N–H and O–H groups in total. The summed E-state index contributed by atoms with van der Waals surface area (Å²) in [6.07, 6.45) is 0. The van der Waals surface area contributed by atoms with Gasteiger partial charge in [-0.3, -0.25) is 14.5 Å². The third-order valence-electron chi connectivity index (χ3n) is 6.08. The van der Waals surface area contributed by atoms with E-state index < -0.39 is 10.0 Å². The Morgan fingerprint density at radius 1 is 1.00 bits per heavy atom. The number of nitrogens with zero attached hydrogens (tertiary/aromatic N) is 2. The SMILES string of the molecule is O=C(CN1C(=O)c2cccc3cccc1c23)NCCOc1ccc(S(=O)(=O)N2CCOCC2)cc1. The highest BCUT2D eigenvalue weighted by Crippen LogP contribution is 2.36. The Morgan fingerprint density at radius 3 is 2.46 bits per heavy atom. The summed E-state index contributed by atoms with van der Waals surface area (Å²) >= 11 is 0. The number of benzene rings is 3. The van der Waals surface area contributed by atoms with E-state index in [0.717, 1.165) is 16.5 Å². The lowest BCUT2D eigenvalue weighted by molar-refractivity contribution is -0.119. The van der Waals surface area contributed by atoms with Crippen LogP contribution < -0.4 is 15.0 Å². The first kappa shape index (κ1) is 23.3. The van der Waals surface area contributed by atoms with Crippen LogP contribution in [0.4, 0.5) is 5.69 Å². The number of hydrogen-bond donors (Lipinski definition) is 1. The van der Waals surface area contributed by atoms with E-state index in [1.54, 1.807) is 18.2 Å². The van der Waals surface area contributed by atoms with Gasteiger partial charge in [0, 0.05) is 24.0 Å². The lowest BCUT2D eigenvalue weighted by Gasteiger charge is -2.26. The molecule has 0 atom stereocenters. The molecule has 0 aromatic heterocycles. The molecule has 182 valence electrons. The smallest absolute Gasteiger partial charge is 0.259 e. The van der Waals surface area contributed by atoms with Gasteiger partial charge >= 0.3 is 0 Å². The largest absolute Gasteiger partial charge is 0.492 e. The highest BCUT2D eigenvalue weighted by atomic mass is 32.2. The fourth-order valence-corrected chi connectivity index (χ4v) is 5.75. The lowest BCUT2D eigenvalue weighted by Crippen LogP contribution is -2.40. The van der Waals surface area contributed by atoms with Crippen molar-refractivity contribution < 1.29 is 27.5 Å². The van der Waals surface area contributed by atoms with Crippen LogP contribution in [-0.2, 0) is 19.6 Å². The first-order valence-electron chi connectivity index (χ1n) is 11.4. The van der Waals surface area contributed by atoms with Crippen LogP contribution in [0.25, 0.3) is 10.8 Å². The number of ether oxygens (including phenoxy) is 2. The van der Waals surface area contributed by atoms with Gasteiger partial charge in [-0.15, -0.1) is 0 Å². The summed E-state index contributed by atoms with van der Waals surface area (Å²) in [6, 6.07) is 17.4. The number of sulfonamides is 1. The monoisotopic (exact) mass is 495 g/mol. The number of nitrogens with one attached hydrogen (secondary N) is 1. The molecule has 5 rings (SSSR count). The number of hydrogen-bond acceptors (Lipinski definition) is 6. The van der Waals surface area contributed by atoms with Crippen molar-refractivity contribution in [1.82, 2.24) is 9.62 Å². The molecule has 3 aromatic rings. The summed E-state index contributed by atoms with van der Waals surface area (Å²) in [5, 5.41) is 4.60. The van der Waals surface area contributed by atoms with E-state index in [4.69, 9.17) is 9.47 Å². The van der Waals surface area contributed by atoms with Crippen molar-refractivity contribution in [1.29, 1.82) is 0 Å². The Morgan fingerprint density at radius 2 is 1.71 bits per heavy atom. The third-order valence-corrected chi connectivity index (χ3v) is 7.99. The fraction of sp³-hybridized carbons (Fsp3) is 0.280. The van der Waals surface area contributed by atoms with E-state index in [0.29, 0.717) is 37.6 Å². The van der Waals surface area contributed by atoms with Gasteiger partial charge in [0.05, 0.1) is 30.3 Å². The number of amides is 2. The number of carbonyl (C=O) groups excluding carboxylic acids is 2. The zero-order valence-electron chi connectivity index (χ0n) is 19.0. The Balaban J connectivity index is 1.12. The lowest BCUT2D eigenvalue weighted by atomic mass is 10.1. The highest BCUT2D eigenvalue weighted by molar-refractivity contribution is 7.89. The van der Waals surface area contributed by atoms with Crippen LogP contribution in [0.15, 0.2) is 65.6 Å².